The molecule has 19 heavy (non-hydrogen) atoms. The molecule has 1 saturated heterocycles. The Bertz CT molecular complexity index is 315. The first-order chi connectivity index (χ1) is 9.13. The lowest BCUT2D eigenvalue weighted by atomic mass is 9.94. The van der Waals surface area contributed by atoms with Gasteiger partial charge in [0.1, 0.15) is 0 Å². The highest BCUT2D eigenvalue weighted by Gasteiger charge is 2.29. The topological polar surface area (TPSA) is 27.6 Å². The highest BCUT2D eigenvalue weighted by atomic mass is 32.2. The molecule has 3 unspecified atom stereocenters. The SMILES string of the molecule is CCC(CC)C1CN=C(NC2CCN(C)CC2C)S1. The molecule has 0 aromatic rings. The largest absolute Gasteiger partial charge is 0.362 e. The normalized spacial score (nSPS) is 32.7. The van der Waals surface area contributed by atoms with Gasteiger partial charge in [-0.05, 0) is 31.8 Å². The van der Waals surface area contributed by atoms with Crippen molar-refractivity contribution in [1.29, 1.82) is 0 Å². The molecule has 0 aromatic carbocycles. The summed E-state index contributed by atoms with van der Waals surface area (Å²) in [5.74, 6) is 1.54. The van der Waals surface area contributed by atoms with E-state index in [0.29, 0.717) is 17.2 Å². The zero-order chi connectivity index (χ0) is 13.8. The molecule has 2 aliphatic heterocycles. The zero-order valence-corrected chi connectivity index (χ0v) is 13.7. The molecule has 0 spiro atoms. The third-order valence-electron chi connectivity index (χ3n) is 4.67. The monoisotopic (exact) mass is 283 g/mol. The lowest BCUT2D eigenvalue weighted by molar-refractivity contribution is 0.187. The van der Waals surface area contributed by atoms with Gasteiger partial charge in [0, 0.05) is 17.8 Å². The van der Waals surface area contributed by atoms with Crippen molar-refractivity contribution in [3.05, 3.63) is 0 Å². The van der Waals surface area contributed by atoms with Crippen LogP contribution in [0.1, 0.15) is 40.0 Å². The second-order valence-corrected chi connectivity index (χ2v) is 7.39. The Kier molecular flexibility index (Phi) is 5.58. The van der Waals surface area contributed by atoms with Gasteiger partial charge < -0.3 is 10.2 Å². The van der Waals surface area contributed by atoms with Crippen LogP contribution >= 0.6 is 11.8 Å². The van der Waals surface area contributed by atoms with E-state index in [1.54, 1.807) is 0 Å². The van der Waals surface area contributed by atoms with Crippen LogP contribution in [0.4, 0.5) is 0 Å². The first kappa shape index (κ1) is 15.2. The van der Waals surface area contributed by atoms with Crippen molar-refractivity contribution in [3.63, 3.8) is 0 Å². The molecule has 0 radical (unpaired) electrons. The third-order valence-corrected chi connectivity index (χ3v) is 5.98. The van der Waals surface area contributed by atoms with Crippen LogP contribution in [0.3, 0.4) is 0 Å². The Morgan fingerprint density at radius 2 is 2.16 bits per heavy atom. The number of nitrogens with one attached hydrogen (secondary N) is 1. The van der Waals surface area contributed by atoms with Crippen LogP contribution < -0.4 is 5.32 Å². The maximum Gasteiger partial charge on any atom is 0.157 e. The van der Waals surface area contributed by atoms with Gasteiger partial charge in [0.25, 0.3) is 0 Å². The van der Waals surface area contributed by atoms with Gasteiger partial charge in [-0.1, -0.05) is 45.4 Å². The van der Waals surface area contributed by atoms with E-state index in [4.69, 9.17) is 4.99 Å². The molecular formula is C15H29N3S. The fourth-order valence-electron chi connectivity index (χ4n) is 3.26. The van der Waals surface area contributed by atoms with Gasteiger partial charge in [-0.3, -0.25) is 4.99 Å². The summed E-state index contributed by atoms with van der Waals surface area (Å²) in [5, 5.41) is 5.62. The fourth-order valence-corrected chi connectivity index (χ4v) is 4.64. The molecule has 2 aliphatic rings. The third kappa shape index (κ3) is 3.88. The van der Waals surface area contributed by atoms with Crippen molar-refractivity contribution < 1.29 is 0 Å². The Morgan fingerprint density at radius 3 is 2.79 bits per heavy atom. The number of aliphatic imine (C=N–C) groups is 1. The second kappa shape index (κ2) is 6.98. The molecule has 3 nitrogen and oxygen atoms in total. The summed E-state index contributed by atoms with van der Waals surface area (Å²) in [4.78, 5) is 7.17. The average molecular weight is 283 g/mol. The molecule has 2 rings (SSSR count). The Labute approximate surface area is 122 Å². The molecule has 0 aliphatic carbocycles. The number of thioether (sulfide) groups is 1. The minimum absolute atomic E-state index is 0.614. The lowest BCUT2D eigenvalue weighted by Gasteiger charge is -2.35. The van der Waals surface area contributed by atoms with Crippen LogP contribution in [0.25, 0.3) is 0 Å². The number of rotatable bonds is 4. The number of hydrogen-bond donors (Lipinski definition) is 1. The van der Waals surface area contributed by atoms with Crippen molar-refractivity contribution in [2.75, 3.05) is 26.7 Å². The molecule has 2 heterocycles. The smallest absolute Gasteiger partial charge is 0.157 e. The number of likely N-dealkylation sites (tertiary alicyclic amines) is 1. The summed E-state index contributed by atoms with van der Waals surface area (Å²) in [7, 11) is 2.22. The Balaban J connectivity index is 1.81. The van der Waals surface area contributed by atoms with Crippen molar-refractivity contribution in [3.8, 4) is 0 Å². The second-order valence-electron chi connectivity index (χ2n) is 6.16. The van der Waals surface area contributed by atoms with Crippen molar-refractivity contribution in [2.45, 2.75) is 51.3 Å². The van der Waals surface area contributed by atoms with Gasteiger partial charge in [-0.25, -0.2) is 0 Å². The zero-order valence-electron chi connectivity index (χ0n) is 12.9. The van der Waals surface area contributed by atoms with E-state index < -0.39 is 0 Å². The van der Waals surface area contributed by atoms with E-state index in [1.807, 2.05) is 11.8 Å². The van der Waals surface area contributed by atoms with E-state index in [1.165, 1.54) is 37.5 Å². The summed E-state index contributed by atoms with van der Waals surface area (Å²) in [6.45, 7) is 10.4. The molecule has 4 heteroatoms. The van der Waals surface area contributed by atoms with Crippen molar-refractivity contribution >= 4 is 16.9 Å². The molecule has 3 atom stereocenters. The minimum atomic E-state index is 0.614. The Hall–Kier alpha value is -0.220. The van der Waals surface area contributed by atoms with Gasteiger partial charge in [-0.15, -0.1) is 0 Å². The van der Waals surface area contributed by atoms with E-state index in [0.717, 1.165) is 12.5 Å². The lowest BCUT2D eigenvalue weighted by Crippen LogP contribution is -2.48. The molecule has 0 aromatic heterocycles. The van der Waals surface area contributed by atoms with Crippen LogP contribution in [-0.4, -0.2) is 48.0 Å². The Morgan fingerprint density at radius 1 is 1.42 bits per heavy atom. The minimum Gasteiger partial charge on any atom is -0.362 e. The summed E-state index contributed by atoms with van der Waals surface area (Å²) < 4.78 is 0. The average Bonchev–Trinajstić information content (AvgIpc) is 2.83. The van der Waals surface area contributed by atoms with Gasteiger partial charge in [0.2, 0.25) is 0 Å². The van der Waals surface area contributed by atoms with E-state index in [-0.39, 0.29) is 0 Å². The predicted octanol–water partition coefficient (Wildman–Crippen LogP) is 2.82. The first-order valence-corrected chi connectivity index (χ1v) is 8.68. The number of nitrogens with zero attached hydrogens (tertiary/aromatic N) is 2. The number of amidine groups is 1. The van der Waals surface area contributed by atoms with Gasteiger partial charge in [0.15, 0.2) is 5.17 Å². The summed E-state index contributed by atoms with van der Waals surface area (Å²) in [6, 6.07) is 0.614. The predicted molar refractivity (Wildman–Crippen MR) is 86.0 cm³/mol. The summed E-state index contributed by atoms with van der Waals surface area (Å²) in [6.07, 6.45) is 3.80. The molecular weight excluding hydrogens is 254 g/mol. The highest BCUT2D eigenvalue weighted by Crippen LogP contribution is 2.31. The molecule has 0 saturated carbocycles. The van der Waals surface area contributed by atoms with Crippen LogP contribution in [0, 0.1) is 11.8 Å². The van der Waals surface area contributed by atoms with Crippen LogP contribution in [0.5, 0.6) is 0 Å². The molecule has 110 valence electrons. The summed E-state index contributed by atoms with van der Waals surface area (Å²) >= 11 is 1.99. The molecule has 0 amide bonds. The van der Waals surface area contributed by atoms with Gasteiger partial charge in [-0.2, -0.15) is 0 Å². The van der Waals surface area contributed by atoms with E-state index in [2.05, 4.69) is 38.0 Å². The number of hydrogen-bond acceptors (Lipinski definition) is 4. The first-order valence-electron chi connectivity index (χ1n) is 7.80. The fraction of sp³-hybridized carbons (Fsp3) is 0.933. The quantitative estimate of drug-likeness (QED) is 0.860. The van der Waals surface area contributed by atoms with Crippen molar-refractivity contribution in [2.24, 2.45) is 16.8 Å². The van der Waals surface area contributed by atoms with Crippen LogP contribution in [0.2, 0.25) is 0 Å². The van der Waals surface area contributed by atoms with E-state index in [9.17, 15) is 0 Å². The molecule has 0 bridgehead atoms. The number of piperidine rings is 1. The molecule has 1 N–H and O–H groups in total. The van der Waals surface area contributed by atoms with Crippen LogP contribution in [-0.2, 0) is 0 Å². The van der Waals surface area contributed by atoms with E-state index >= 15 is 0 Å². The van der Waals surface area contributed by atoms with Crippen molar-refractivity contribution in [1.82, 2.24) is 10.2 Å². The van der Waals surface area contributed by atoms with Gasteiger partial charge in [0.05, 0.1) is 6.54 Å². The standard InChI is InChI=1S/C15H29N3S/c1-5-12(6-2)14-9-16-15(19-14)17-13-7-8-18(4)10-11(13)3/h11-14H,5-10H2,1-4H3,(H,16,17). The van der Waals surface area contributed by atoms with Gasteiger partial charge >= 0.3 is 0 Å². The maximum absolute atomic E-state index is 4.74. The highest BCUT2D eigenvalue weighted by molar-refractivity contribution is 8.14. The molecule has 1 fully saturated rings. The maximum atomic E-state index is 4.74. The summed E-state index contributed by atoms with van der Waals surface area (Å²) in [5.41, 5.74) is 0. The van der Waals surface area contributed by atoms with Crippen LogP contribution in [0.15, 0.2) is 4.99 Å².